The lowest BCUT2D eigenvalue weighted by molar-refractivity contribution is 0.0374. The molecule has 1 heterocycles. The van der Waals surface area contributed by atoms with Gasteiger partial charge in [-0.2, -0.15) is 0 Å². The van der Waals surface area contributed by atoms with Crippen molar-refractivity contribution in [2.75, 3.05) is 32.0 Å². The first-order valence-electron chi connectivity index (χ1n) is 6.51. The first kappa shape index (κ1) is 15.0. The average molecular weight is 296 g/mol. The molecule has 0 spiro atoms. The van der Waals surface area contributed by atoms with Crippen molar-refractivity contribution in [1.29, 1.82) is 0 Å². The van der Waals surface area contributed by atoms with Crippen molar-refractivity contribution >= 4 is 15.5 Å². The van der Waals surface area contributed by atoms with Crippen LogP contribution in [0.1, 0.15) is 5.56 Å². The summed E-state index contributed by atoms with van der Waals surface area (Å²) in [5, 5.41) is -0.744. The Morgan fingerprint density at radius 3 is 2.65 bits per heavy atom. The molecule has 1 saturated heterocycles. The minimum Gasteiger partial charge on any atom is -0.399 e. The van der Waals surface area contributed by atoms with E-state index in [0.29, 0.717) is 37.6 Å². The Kier molecular flexibility index (Phi) is 4.47. The number of rotatable bonds is 4. The van der Waals surface area contributed by atoms with Crippen molar-refractivity contribution < 1.29 is 13.2 Å². The Bertz CT molecular complexity index is 592. The number of nitrogens with zero attached hydrogens (tertiary/aromatic N) is 1. The number of benzene rings is 1. The molecule has 6 heteroatoms. The molecule has 1 atom stereocenters. The van der Waals surface area contributed by atoms with E-state index < -0.39 is 15.2 Å². The second-order valence-corrected chi connectivity index (χ2v) is 6.86. The Balaban J connectivity index is 2.40. The Morgan fingerprint density at radius 2 is 2.05 bits per heavy atom. The summed E-state index contributed by atoms with van der Waals surface area (Å²) in [7, 11) is -3.53. The fourth-order valence-electron chi connectivity index (χ4n) is 2.36. The van der Waals surface area contributed by atoms with Crippen molar-refractivity contribution in [2.24, 2.45) is 0 Å². The largest absolute Gasteiger partial charge is 0.399 e. The van der Waals surface area contributed by atoms with Crippen LogP contribution in [-0.4, -0.2) is 45.0 Å². The third-order valence-electron chi connectivity index (χ3n) is 3.44. The van der Waals surface area contributed by atoms with Crippen molar-refractivity contribution in [1.82, 2.24) is 4.90 Å². The zero-order valence-corrected chi connectivity index (χ0v) is 12.4. The number of nitrogen functional groups attached to an aromatic ring is 1. The predicted molar refractivity (Wildman–Crippen MR) is 79.2 cm³/mol. The van der Waals surface area contributed by atoms with Gasteiger partial charge in [0.05, 0.1) is 18.1 Å². The number of morpholine rings is 1. The van der Waals surface area contributed by atoms with Gasteiger partial charge in [0.2, 0.25) is 0 Å². The summed E-state index contributed by atoms with van der Waals surface area (Å²) >= 11 is 0. The fourth-order valence-corrected chi connectivity index (χ4v) is 4.29. The van der Waals surface area contributed by atoms with Gasteiger partial charge in [0, 0.05) is 18.8 Å². The van der Waals surface area contributed by atoms with E-state index in [1.807, 2.05) is 4.90 Å². The van der Waals surface area contributed by atoms with E-state index in [9.17, 15) is 8.42 Å². The van der Waals surface area contributed by atoms with Gasteiger partial charge in [0.15, 0.2) is 9.84 Å². The summed E-state index contributed by atoms with van der Waals surface area (Å²) < 4.78 is 30.9. The van der Waals surface area contributed by atoms with Crippen LogP contribution < -0.4 is 5.73 Å². The highest BCUT2D eigenvalue weighted by molar-refractivity contribution is 7.92. The van der Waals surface area contributed by atoms with Crippen LogP contribution in [0.3, 0.4) is 0 Å². The molecule has 0 bridgehead atoms. The summed E-state index contributed by atoms with van der Waals surface area (Å²) in [5.74, 6) is 0. The predicted octanol–water partition coefficient (Wildman–Crippen LogP) is 1.20. The molecule has 2 rings (SSSR count). The van der Waals surface area contributed by atoms with Crippen molar-refractivity contribution in [3.8, 4) is 0 Å². The Labute approximate surface area is 119 Å². The molecule has 0 saturated carbocycles. The molecular weight excluding hydrogens is 276 g/mol. The monoisotopic (exact) mass is 296 g/mol. The lowest BCUT2D eigenvalue weighted by atomic mass is 10.2. The molecule has 1 aromatic rings. The van der Waals surface area contributed by atoms with Gasteiger partial charge in [0.1, 0.15) is 5.37 Å². The summed E-state index contributed by atoms with van der Waals surface area (Å²) in [5.41, 5.74) is 6.86. The maximum atomic E-state index is 12.8. The van der Waals surface area contributed by atoms with Crippen LogP contribution in [0.2, 0.25) is 0 Å². The molecule has 1 aromatic carbocycles. The van der Waals surface area contributed by atoms with Crippen LogP contribution in [0.15, 0.2) is 35.7 Å². The minimum atomic E-state index is -3.53. The fraction of sp³-hybridized carbons (Fsp3) is 0.429. The molecule has 20 heavy (non-hydrogen) atoms. The minimum absolute atomic E-state index is 0.272. The van der Waals surface area contributed by atoms with Crippen LogP contribution >= 0.6 is 0 Å². The summed E-state index contributed by atoms with van der Waals surface area (Å²) in [4.78, 5) is 2.14. The molecule has 5 nitrogen and oxygen atoms in total. The molecular formula is C14H20N2O3S. The number of hydrogen-bond donors (Lipinski definition) is 1. The van der Waals surface area contributed by atoms with Crippen molar-refractivity contribution in [3.05, 3.63) is 36.4 Å². The molecule has 0 amide bonds. The SMILES string of the molecule is C=CC(N1CCOCC1)S(=O)(=O)c1cc(N)ccc1C. The highest BCUT2D eigenvalue weighted by atomic mass is 32.2. The molecule has 110 valence electrons. The van der Waals surface area contributed by atoms with E-state index in [0.717, 1.165) is 0 Å². The number of hydrogen-bond acceptors (Lipinski definition) is 5. The van der Waals surface area contributed by atoms with Crippen LogP contribution in [-0.2, 0) is 14.6 Å². The maximum Gasteiger partial charge on any atom is 0.198 e. The van der Waals surface area contributed by atoms with Gasteiger partial charge in [-0.15, -0.1) is 6.58 Å². The normalized spacial score (nSPS) is 18.6. The molecule has 1 unspecified atom stereocenters. The van der Waals surface area contributed by atoms with Gasteiger partial charge < -0.3 is 10.5 Å². The second kappa shape index (κ2) is 5.95. The first-order valence-corrected chi connectivity index (χ1v) is 8.06. The first-order chi connectivity index (χ1) is 9.46. The number of nitrogens with two attached hydrogens (primary N) is 1. The van der Waals surface area contributed by atoms with Gasteiger partial charge in [-0.3, -0.25) is 4.90 Å². The topological polar surface area (TPSA) is 72.6 Å². The second-order valence-electron chi connectivity index (χ2n) is 4.84. The van der Waals surface area contributed by atoms with E-state index in [1.165, 1.54) is 12.1 Å². The maximum absolute atomic E-state index is 12.8. The molecule has 0 aromatic heterocycles. The van der Waals surface area contributed by atoms with E-state index >= 15 is 0 Å². The van der Waals surface area contributed by atoms with Gasteiger partial charge in [-0.1, -0.05) is 12.1 Å². The average Bonchev–Trinajstić information content (AvgIpc) is 2.43. The van der Waals surface area contributed by atoms with E-state index in [4.69, 9.17) is 10.5 Å². The third kappa shape index (κ3) is 2.87. The Hall–Kier alpha value is -1.37. The van der Waals surface area contributed by atoms with Gasteiger partial charge in [-0.05, 0) is 24.6 Å². The van der Waals surface area contributed by atoms with Crippen LogP contribution in [0, 0.1) is 6.92 Å². The number of ether oxygens (including phenoxy) is 1. The van der Waals surface area contributed by atoms with E-state index in [2.05, 4.69) is 6.58 Å². The van der Waals surface area contributed by atoms with Gasteiger partial charge in [-0.25, -0.2) is 8.42 Å². The molecule has 1 aliphatic rings. The molecule has 1 aliphatic heterocycles. The van der Waals surface area contributed by atoms with Gasteiger partial charge >= 0.3 is 0 Å². The highest BCUT2D eigenvalue weighted by Gasteiger charge is 2.32. The molecule has 0 radical (unpaired) electrons. The number of aryl methyl sites for hydroxylation is 1. The molecule has 0 aliphatic carbocycles. The summed E-state index contributed by atoms with van der Waals surface area (Å²) in [6, 6.07) is 4.94. The van der Waals surface area contributed by atoms with Gasteiger partial charge in [0.25, 0.3) is 0 Å². The number of anilines is 1. The lowest BCUT2D eigenvalue weighted by Gasteiger charge is -2.32. The highest BCUT2D eigenvalue weighted by Crippen LogP contribution is 2.25. The Morgan fingerprint density at radius 1 is 1.40 bits per heavy atom. The van der Waals surface area contributed by atoms with Crippen LogP contribution in [0.5, 0.6) is 0 Å². The van der Waals surface area contributed by atoms with E-state index in [1.54, 1.807) is 19.1 Å². The van der Waals surface area contributed by atoms with E-state index in [-0.39, 0.29) is 4.90 Å². The summed E-state index contributed by atoms with van der Waals surface area (Å²) in [6.07, 6.45) is 1.48. The third-order valence-corrected chi connectivity index (χ3v) is 5.62. The zero-order valence-electron chi connectivity index (χ0n) is 11.6. The zero-order chi connectivity index (χ0) is 14.8. The quantitative estimate of drug-likeness (QED) is 0.667. The molecule has 1 fully saturated rings. The van der Waals surface area contributed by atoms with Crippen LogP contribution in [0.4, 0.5) is 5.69 Å². The van der Waals surface area contributed by atoms with Crippen molar-refractivity contribution in [3.63, 3.8) is 0 Å². The smallest absolute Gasteiger partial charge is 0.198 e. The number of sulfone groups is 1. The standard InChI is InChI=1S/C14H20N2O3S/c1-3-14(16-6-8-19-9-7-16)20(17,18)13-10-12(15)5-4-11(13)2/h3-5,10,14H,1,6-9,15H2,2H3. The van der Waals surface area contributed by atoms with Crippen molar-refractivity contribution in [2.45, 2.75) is 17.2 Å². The molecule has 2 N–H and O–H groups in total. The summed E-state index contributed by atoms with van der Waals surface area (Å²) in [6.45, 7) is 7.69. The van der Waals surface area contributed by atoms with Crippen LogP contribution in [0.25, 0.3) is 0 Å². The lowest BCUT2D eigenvalue weighted by Crippen LogP contribution is -2.46.